The molecule has 0 bridgehead atoms. The van der Waals surface area contributed by atoms with E-state index in [0.29, 0.717) is 13.0 Å². The summed E-state index contributed by atoms with van der Waals surface area (Å²) in [6.07, 6.45) is 0.810. The van der Waals surface area contributed by atoms with Gasteiger partial charge in [0.05, 0.1) is 17.6 Å². The van der Waals surface area contributed by atoms with Crippen LogP contribution in [0.1, 0.15) is 26.7 Å². The summed E-state index contributed by atoms with van der Waals surface area (Å²) in [5, 5.41) is 9.70. The molecule has 0 aliphatic rings. The number of thioether (sulfide) groups is 1. The van der Waals surface area contributed by atoms with E-state index in [2.05, 4.69) is 9.97 Å². The molecule has 2 rings (SSSR count). The fraction of sp³-hybridized carbons (Fsp3) is 0.429. The Morgan fingerprint density at radius 3 is 3.05 bits per heavy atom. The van der Waals surface area contributed by atoms with E-state index in [1.54, 1.807) is 11.8 Å². The van der Waals surface area contributed by atoms with Gasteiger partial charge in [0.2, 0.25) is 0 Å². The first-order valence-corrected chi connectivity index (χ1v) is 7.47. The molecule has 0 aliphatic carbocycles. The Balaban J connectivity index is 2.05. The minimum atomic E-state index is -0.761. The highest BCUT2D eigenvalue weighted by atomic mass is 32.2. The second-order valence-corrected chi connectivity index (χ2v) is 5.94. The lowest BCUT2D eigenvalue weighted by Gasteiger charge is -2.06. The summed E-state index contributed by atoms with van der Waals surface area (Å²) in [7, 11) is 0. The van der Waals surface area contributed by atoms with Crippen molar-refractivity contribution in [2.24, 2.45) is 0 Å². The van der Waals surface area contributed by atoms with Crippen LogP contribution in [0.2, 0.25) is 0 Å². The number of fused-ring (bicyclic) bond motifs is 1. The second kappa shape index (κ2) is 6.65. The van der Waals surface area contributed by atoms with Gasteiger partial charge in [-0.2, -0.15) is 0 Å². The first-order chi connectivity index (χ1) is 9.58. The number of hydrogen-bond donors (Lipinski definition) is 2. The summed E-state index contributed by atoms with van der Waals surface area (Å²) in [5.74, 6) is 0.0579. The molecular weight excluding hydrogens is 276 g/mol. The highest BCUT2D eigenvalue weighted by Gasteiger charge is 2.11. The SMILES string of the molecule is CCOc1ccc2nc(SC(C)CCC(=O)O)[nH]c2c1. The van der Waals surface area contributed by atoms with Crippen LogP contribution < -0.4 is 4.74 Å². The van der Waals surface area contributed by atoms with Gasteiger partial charge in [0.15, 0.2) is 5.16 Å². The standard InChI is InChI=1S/C14H18N2O3S/c1-3-19-10-5-6-11-12(8-10)16-14(15-11)20-9(2)4-7-13(17)18/h5-6,8-9H,3-4,7H2,1-2H3,(H,15,16)(H,17,18). The predicted octanol–water partition coefficient (Wildman–Crippen LogP) is 3.31. The number of aromatic nitrogens is 2. The highest BCUT2D eigenvalue weighted by Crippen LogP contribution is 2.27. The lowest BCUT2D eigenvalue weighted by Crippen LogP contribution is -2.02. The van der Waals surface area contributed by atoms with Gasteiger partial charge in [-0.1, -0.05) is 18.7 Å². The van der Waals surface area contributed by atoms with Crippen LogP contribution in [0.3, 0.4) is 0 Å². The van der Waals surface area contributed by atoms with Gasteiger partial charge >= 0.3 is 5.97 Å². The predicted molar refractivity (Wildman–Crippen MR) is 79.5 cm³/mol. The van der Waals surface area contributed by atoms with Crippen LogP contribution in [0, 0.1) is 0 Å². The molecule has 2 aromatic rings. The zero-order valence-electron chi connectivity index (χ0n) is 11.5. The van der Waals surface area contributed by atoms with Crippen LogP contribution >= 0.6 is 11.8 Å². The molecule has 108 valence electrons. The van der Waals surface area contributed by atoms with Gasteiger partial charge in [0.1, 0.15) is 5.75 Å². The number of rotatable bonds is 7. The third-order valence-corrected chi connectivity index (χ3v) is 3.87. The van der Waals surface area contributed by atoms with Gasteiger partial charge in [-0.15, -0.1) is 0 Å². The number of carbonyl (C=O) groups is 1. The van der Waals surface area contributed by atoms with Crippen LogP contribution in [0.5, 0.6) is 5.75 Å². The Hall–Kier alpha value is -1.69. The smallest absolute Gasteiger partial charge is 0.303 e. The van der Waals surface area contributed by atoms with Crippen molar-refractivity contribution in [2.75, 3.05) is 6.61 Å². The second-order valence-electron chi connectivity index (χ2n) is 4.51. The number of ether oxygens (including phenoxy) is 1. The molecule has 2 N–H and O–H groups in total. The number of carboxylic acid groups (broad SMARTS) is 1. The van der Waals surface area contributed by atoms with Crippen molar-refractivity contribution in [2.45, 2.75) is 37.1 Å². The first-order valence-electron chi connectivity index (χ1n) is 6.59. The number of hydrogen-bond acceptors (Lipinski definition) is 4. The number of imidazole rings is 1. The van der Waals surface area contributed by atoms with E-state index < -0.39 is 5.97 Å². The Bertz CT molecular complexity index is 597. The zero-order valence-corrected chi connectivity index (χ0v) is 12.4. The Labute approximate surface area is 121 Å². The Morgan fingerprint density at radius 2 is 2.35 bits per heavy atom. The van der Waals surface area contributed by atoms with Gasteiger partial charge in [-0.05, 0) is 25.5 Å². The van der Waals surface area contributed by atoms with E-state index in [1.165, 1.54) is 0 Å². The number of H-pyrrole nitrogens is 1. The Kier molecular flexibility index (Phi) is 4.89. The molecule has 6 heteroatoms. The fourth-order valence-electron chi connectivity index (χ4n) is 1.85. The van der Waals surface area contributed by atoms with Crippen molar-refractivity contribution in [3.8, 4) is 5.75 Å². The van der Waals surface area contributed by atoms with Gasteiger partial charge in [0, 0.05) is 17.7 Å². The molecule has 1 unspecified atom stereocenters. The summed E-state index contributed by atoms with van der Waals surface area (Å²) >= 11 is 1.56. The molecule has 0 saturated carbocycles. The van der Waals surface area contributed by atoms with Crippen LogP contribution in [0.15, 0.2) is 23.4 Å². The van der Waals surface area contributed by atoms with Gasteiger partial charge in [-0.3, -0.25) is 4.79 Å². The van der Waals surface area contributed by atoms with Crippen molar-refractivity contribution in [3.63, 3.8) is 0 Å². The largest absolute Gasteiger partial charge is 0.494 e. The van der Waals surface area contributed by atoms with Crippen LogP contribution in [-0.2, 0) is 4.79 Å². The maximum Gasteiger partial charge on any atom is 0.303 e. The molecule has 0 fully saturated rings. The van der Waals surface area contributed by atoms with Gasteiger partial charge < -0.3 is 14.8 Å². The van der Waals surface area contributed by atoms with E-state index in [1.807, 2.05) is 32.0 Å². The molecule has 1 aromatic carbocycles. The Morgan fingerprint density at radius 1 is 1.55 bits per heavy atom. The third kappa shape index (κ3) is 3.90. The lowest BCUT2D eigenvalue weighted by molar-refractivity contribution is -0.137. The van der Waals surface area contributed by atoms with E-state index in [4.69, 9.17) is 9.84 Å². The molecule has 20 heavy (non-hydrogen) atoms. The van der Waals surface area contributed by atoms with Crippen molar-refractivity contribution in [1.82, 2.24) is 9.97 Å². The number of nitrogens with zero attached hydrogens (tertiary/aromatic N) is 1. The van der Waals surface area contributed by atoms with E-state index in [0.717, 1.165) is 21.9 Å². The highest BCUT2D eigenvalue weighted by molar-refractivity contribution is 7.99. The summed E-state index contributed by atoms with van der Waals surface area (Å²) in [6.45, 7) is 4.59. The van der Waals surface area contributed by atoms with Crippen molar-refractivity contribution < 1.29 is 14.6 Å². The minimum absolute atomic E-state index is 0.183. The number of carboxylic acids is 1. The molecule has 1 atom stereocenters. The number of benzene rings is 1. The monoisotopic (exact) mass is 294 g/mol. The van der Waals surface area contributed by atoms with Crippen LogP contribution in [0.4, 0.5) is 0 Å². The average Bonchev–Trinajstić information content (AvgIpc) is 2.78. The quantitative estimate of drug-likeness (QED) is 0.766. The normalized spacial score (nSPS) is 12.5. The van der Waals surface area contributed by atoms with Crippen LogP contribution in [0.25, 0.3) is 11.0 Å². The molecule has 0 radical (unpaired) electrons. The van der Waals surface area contributed by atoms with E-state index >= 15 is 0 Å². The van der Waals surface area contributed by atoms with Crippen molar-refractivity contribution >= 4 is 28.8 Å². The maximum atomic E-state index is 10.5. The summed E-state index contributed by atoms with van der Waals surface area (Å²) in [5.41, 5.74) is 1.82. The minimum Gasteiger partial charge on any atom is -0.494 e. The molecule has 0 amide bonds. The molecule has 0 spiro atoms. The summed E-state index contributed by atoms with van der Waals surface area (Å²) in [6, 6.07) is 5.75. The number of aliphatic carboxylic acids is 1. The first kappa shape index (κ1) is 14.7. The number of nitrogens with one attached hydrogen (secondary N) is 1. The third-order valence-electron chi connectivity index (χ3n) is 2.82. The summed E-state index contributed by atoms with van der Waals surface area (Å²) in [4.78, 5) is 18.3. The summed E-state index contributed by atoms with van der Waals surface area (Å²) < 4.78 is 5.45. The molecule has 1 heterocycles. The zero-order chi connectivity index (χ0) is 14.5. The average molecular weight is 294 g/mol. The van der Waals surface area contributed by atoms with Crippen molar-refractivity contribution in [3.05, 3.63) is 18.2 Å². The fourth-order valence-corrected chi connectivity index (χ4v) is 2.79. The van der Waals surface area contributed by atoms with Gasteiger partial charge in [-0.25, -0.2) is 4.98 Å². The molecule has 1 aromatic heterocycles. The lowest BCUT2D eigenvalue weighted by atomic mass is 10.2. The van der Waals surface area contributed by atoms with E-state index in [9.17, 15) is 4.79 Å². The molecule has 5 nitrogen and oxygen atoms in total. The van der Waals surface area contributed by atoms with Crippen molar-refractivity contribution in [1.29, 1.82) is 0 Å². The molecule has 0 saturated heterocycles. The van der Waals surface area contributed by atoms with Crippen LogP contribution in [-0.4, -0.2) is 32.9 Å². The topological polar surface area (TPSA) is 75.2 Å². The number of aromatic amines is 1. The maximum absolute atomic E-state index is 10.5. The molecular formula is C14H18N2O3S. The molecule has 0 aliphatic heterocycles. The van der Waals surface area contributed by atoms with E-state index in [-0.39, 0.29) is 11.7 Å². The van der Waals surface area contributed by atoms with Gasteiger partial charge in [0.25, 0.3) is 0 Å².